The lowest BCUT2D eigenvalue weighted by Gasteiger charge is -2.14. The minimum Gasteiger partial charge on any atom is -0.497 e. The number of nitrogens with one attached hydrogen (secondary N) is 2. The summed E-state index contributed by atoms with van der Waals surface area (Å²) in [6.07, 6.45) is 0.570. The average Bonchev–Trinajstić information content (AvgIpc) is 2.72. The van der Waals surface area contributed by atoms with Gasteiger partial charge in [-0.15, -0.1) is 0 Å². The van der Waals surface area contributed by atoms with Crippen LogP contribution in [-0.2, 0) is 16.0 Å². The van der Waals surface area contributed by atoms with E-state index >= 15 is 0 Å². The van der Waals surface area contributed by atoms with Crippen LogP contribution < -0.4 is 29.6 Å². The van der Waals surface area contributed by atoms with Gasteiger partial charge in [-0.2, -0.15) is 0 Å². The molecule has 0 atom stereocenters. The first-order valence-corrected chi connectivity index (χ1v) is 8.54. The van der Waals surface area contributed by atoms with Gasteiger partial charge in [0.05, 0.1) is 28.4 Å². The Morgan fingerprint density at radius 2 is 1.54 bits per heavy atom. The number of hydrogen-bond donors (Lipinski definition) is 2. The van der Waals surface area contributed by atoms with Crippen LogP contribution >= 0.6 is 0 Å². The second-order valence-electron chi connectivity index (χ2n) is 5.73. The van der Waals surface area contributed by atoms with Gasteiger partial charge in [-0.25, -0.2) is 0 Å². The average molecular weight is 388 g/mol. The van der Waals surface area contributed by atoms with Crippen LogP contribution in [0.3, 0.4) is 0 Å². The van der Waals surface area contributed by atoms with E-state index in [2.05, 4.69) is 10.6 Å². The lowest BCUT2D eigenvalue weighted by molar-refractivity contribution is -0.136. The van der Waals surface area contributed by atoms with E-state index in [1.807, 2.05) is 24.3 Å². The highest BCUT2D eigenvalue weighted by Gasteiger charge is 2.17. The zero-order valence-corrected chi connectivity index (χ0v) is 16.3. The molecule has 0 aromatic heterocycles. The Bertz CT molecular complexity index is 812. The fraction of sp³-hybridized carbons (Fsp3) is 0.300. The Balaban J connectivity index is 1.95. The Labute approximate surface area is 163 Å². The molecule has 8 nitrogen and oxygen atoms in total. The maximum Gasteiger partial charge on any atom is 0.313 e. The lowest BCUT2D eigenvalue weighted by atomic mass is 10.1. The SMILES string of the molecule is COc1cccc(CCNC(=O)C(=O)Nc2cc(OC)c(OC)c(OC)c2)c1. The molecule has 28 heavy (non-hydrogen) atoms. The van der Waals surface area contributed by atoms with Gasteiger partial charge >= 0.3 is 11.8 Å². The number of carbonyl (C=O) groups excluding carboxylic acids is 2. The molecule has 0 spiro atoms. The summed E-state index contributed by atoms with van der Waals surface area (Å²) in [6.45, 7) is 0.314. The molecule has 0 fully saturated rings. The normalized spacial score (nSPS) is 10.0. The molecule has 0 bridgehead atoms. The number of carbonyl (C=O) groups is 2. The Kier molecular flexibility index (Phi) is 7.50. The van der Waals surface area contributed by atoms with Gasteiger partial charge in [0.25, 0.3) is 0 Å². The maximum absolute atomic E-state index is 12.2. The van der Waals surface area contributed by atoms with Gasteiger partial charge in [-0.3, -0.25) is 9.59 Å². The van der Waals surface area contributed by atoms with Crippen molar-refractivity contribution in [1.29, 1.82) is 0 Å². The van der Waals surface area contributed by atoms with E-state index in [0.717, 1.165) is 11.3 Å². The third-order valence-corrected chi connectivity index (χ3v) is 3.96. The molecule has 2 rings (SSSR count). The number of amides is 2. The van der Waals surface area contributed by atoms with Crippen molar-refractivity contribution in [3.8, 4) is 23.0 Å². The number of anilines is 1. The van der Waals surface area contributed by atoms with Gasteiger partial charge in [0.2, 0.25) is 5.75 Å². The largest absolute Gasteiger partial charge is 0.497 e. The third-order valence-electron chi connectivity index (χ3n) is 3.96. The molecule has 2 aromatic rings. The topological polar surface area (TPSA) is 95.1 Å². The van der Waals surface area contributed by atoms with E-state index in [9.17, 15) is 9.59 Å². The number of rotatable bonds is 8. The van der Waals surface area contributed by atoms with Crippen molar-refractivity contribution < 1.29 is 28.5 Å². The molecule has 150 valence electrons. The molecule has 0 aliphatic heterocycles. The second kappa shape index (κ2) is 10.1. The monoisotopic (exact) mass is 388 g/mol. The third kappa shape index (κ3) is 5.29. The minimum atomic E-state index is -0.792. The molecule has 0 radical (unpaired) electrons. The van der Waals surface area contributed by atoms with Crippen molar-refractivity contribution in [2.45, 2.75) is 6.42 Å². The lowest BCUT2D eigenvalue weighted by Crippen LogP contribution is -2.36. The van der Waals surface area contributed by atoms with E-state index in [-0.39, 0.29) is 0 Å². The Hall–Kier alpha value is -3.42. The van der Waals surface area contributed by atoms with Crippen LogP contribution in [0.5, 0.6) is 23.0 Å². The standard InChI is InChI=1S/C20H24N2O6/c1-25-15-7-5-6-13(10-15)8-9-21-19(23)20(24)22-14-11-16(26-2)18(28-4)17(12-14)27-3/h5-7,10-12H,8-9H2,1-4H3,(H,21,23)(H,22,24). The summed E-state index contributed by atoms with van der Waals surface area (Å²) in [5.41, 5.74) is 1.34. The summed E-state index contributed by atoms with van der Waals surface area (Å²) < 4.78 is 20.8. The first kappa shape index (κ1) is 20.9. The minimum absolute atomic E-state index is 0.314. The van der Waals surface area contributed by atoms with Crippen LogP contribution in [0.4, 0.5) is 5.69 Å². The molecule has 8 heteroatoms. The van der Waals surface area contributed by atoms with Gasteiger partial charge < -0.3 is 29.6 Å². The molecule has 0 aliphatic rings. The first-order chi connectivity index (χ1) is 13.5. The highest BCUT2D eigenvalue weighted by molar-refractivity contribution is 6.39. The smallest absolute Gasteiger partial charge is 0.313 e. The zero-order valence-electron chi connectivity index (χ0n) is 16.3. The summed E-state index contributed by atoms with van der Waals surface area (Å²) in [5, 5.41) is 5.11. The first-order valence-electron chi connectivity index (χ1n) is 8.54. The Morgan fingerprint density at radius 3 is 2.11 bits per heavy atom. The number of methoxy groups -OCH3 is 4. The van der Waals surface area contributed by atoms with E-state index in [1.165, 1.54) is 21.3 Å². The van der Waals surface area contributed by atoms with Crippen molar-refractivity contribution in [2.24, 2.45) is 0 Å². The van der Waals surface area contributed by atoms with Crippen molar-refractivity contribution in [2.75, 3.05) is 40.3 Å². The molecule has 0 aliphatic carbocycles. The molecule has 2 aromatic carbocycles. The fourth-order valence-corrected chi connectivity index (χ4v) is 2.57. The van der Waals surface area contributed by atoms with Gasteiger partial charge in [-0.05, 0) is 24.1 Å². The molecular formula is C20H24N2O6. The van der Waals surface area contributed by atoms with Gasteiger partial charge in [0.1, 0.15) is 5.75 Å². The molecule has 0 saturated heterocycles. The van der Waals surface area contributed by atoms with Crippen LogP contribution in [0.15, 0.2) is 36.4 Å². The van der Waals surface area contributed by atoms with Gasteiger partial charge in [-0.1, -0.05) is 12.1 Å². The molecule has 0 unspecified atom stereocenters. The summed E-state index contributed by atoms with van der Waals surface area (Å²) in [4.78, 5) is 24.2. The Morgan fingerprint density at radius 1 is 0.857 bits per heavy atom. The molecule has 2 amide bonds. The van der Waals surface area contributed by atoms with E-state index < -0.39 is 11.8 Å². The fourth-order valence-electron chi connectivity index (χ4n) is 2.57. The highest BCUT2D eigenvalue weighted by atomic mass is 16.5. The number of hydrogen-bond acceptors (Lipinski definition) is 6. The molecule has 0 heterocycles. The molecule has 0 saturated carbocycles. The summed E-state index contributed by atoms with van der Waals surface area (Å²) in [5.74, 6) is 0.345. The van der Waals surface area contributed by atoms with Crippen LogP contribution in [-0.4, -0.2) is 46.8 Å². The second-order valence-corrected chi connectivity index (χ2v) is 5.73. The summed E-state index contributed by atoms with van der Waals surface area (Å²) in [7, 11) is 6.01. The van der Waals surface area contributed by atoms with E-state index in [0.29, 0.717) is 35.9 Å². The van der Waals surface area contributed by atoms with Crippen molar-refractivity contribution in [1.82, 2.24) is 5.32 Å². The van der Waals surface area contributed by atoms with Crippen molar-refractivity contribution in [3.63, 3.8) is 0 Å². The molecular weight excluding hydrogens is 364 g/mol. The van der Waals surface area contributed by atoms with Gasteiger partial charge in [0.15, 0.2) is 11.5 Å². The van der Waals surface area contributed by atoms with E-state index in [1.54, 1.807) is 19.2 Å². The number of ether oxygens (including phenoxy) is 4. The predicted octanol–water partition coefficient (Wildman–Crippen LogP) is 2.02. The van der Waals surface area contributed by atoms with Crippen LogP contribution in [0.1, 0.15) is 5.56 Å². The van der Waals surface area contributed by atoms with Crippen LogP contribution in [0.2, 0.25) is 0 Å². The highest BCUT2D eigenvalue weighted by Crippen LogP contribution is 2.39. The predicted molar refractivity (Wildman–Crippen MR) is 104 cm³/mol. The van der Waals surface area contributed by atoms with Gasteiger partial charge in [0, 0.05) is 24.4 Å². The summed E-state index contributed by atoms with van der Waals surface area (Å²) in [6, 6.07) is 10.6. The van der Waals surface area contributed by atoms with Crippen LogP contribution in [0, 0.1) is 0 Å². The van der Waals surface area contributed by atoms with Crippen molar-refractivity contribution in [3.05, 3.63) is 42.0 Å². The molecule has 2 N–H and O–H groups in total. The summed E-state index contributed by atoms with van der Waals surface area (Å²) >= 11 is 0. The number of benzene rings is 2. The van der Waals surface area contributed by atoms with E-state index in [4.69, 9.17) is 18.9 Å². The van der Waals surface area contributed by atoms with Crippen LogP contribution in [0.25, 0.3) is 0 Å². The van der Waals surface area contributed by atoms with Crippen molar-refractivity contribution >= 4 is 17.5 Å². The quantitative estimate of drug-likeness (QED) is 0.672. The maximum atomic E-state index is 12.2. The zero-order chi connectivity index (χ0) is 20.5.